The van der Waals surface area contributed by atoms with E-state index in [9.17, 15) is 0 Å². The van der Waals surface area contributed by atoms with Crippen LogP contribution in [0.5, 0.6) is 0 Å². The molecule has 78 valence electrons. The zero-order chi connectivity index (χ0) is 10.6. The van der Waals surface area contributed by atoms with Gasteiger partial charge in [-0.1, -0.05) is 20.3 Å². The maximum atomic E-state index is 5.67. The second-order valence-electron chi connectivity index (χ2n) is 3.87. The second kappa shape index (κ2) is 4.84. The Balaban J connectivity index is 2.64. The van der Waals surface area contributed by atoms with Crippen LogP contribution in [0.15, 0.2) is 18.5 Å². The van der Waals surface area contributed by atoms with Gasteiger partial charge in [-0.05, 0) is 12.0 Å². The molecule has 1 heterocycles. The molecule has 1 unspecified atom stereocenters. The van der Waals surface area contributed by atoms with Crippen LogP contribution >= 0.6 is 0 Å². The average Bonchev–Trinajstić information content (AvgIpc) is 2.17. The summed E-state index contributed by atoms with van der Waals surface area (Å²) >= 11 is 0. The summed E-state index contributed by atoms with van der Waals surface area (Å²) in [6.07, 6.45) is 4.71. The Morgan fingerprint density at radius 1 is 1.50 bits per heavy atom. The molecule has 14 heavy (non-hydrogen) atoms. The van der Waals surface area contributed by atoms with Crippen molar-refractivity contribution < 1.29 is 0 Å². The van der Waals surface area contributed by atoms with E-state index < -0.39 is 0 Å². The Morgan fingerprint density at radius 2 is 2.21 bits per heavy atom. The van der Waals surface area contributed by atoms with Crippen molar-refractivity contribution >= 4 is 11.4 Å². The van der Waals surface area contributed by atoms with Gasteiger partial charge in [-0.25, -0.2) is 0 Å². The number of anilines is 2. The summed E-state index contributed by atoms with van der Waals surface area (Å²) in [6.45, 7) is 5.49. The Hall–Kier alpha value is -1.25. The van der Waals surface area contributed by atoms with E-state index in [1.807, 2.05) is 12.3 Å². The topological polar surface area (TPSA) is 42.2 Å². The Labute approximate surface area is 85.9 Å². The summed E-state index contributed by atoms with van der Waals surface area (Å²) in [4.78, 5) is 6.26. The normalized spacial score (nSPS) is 12.5. The van der Waals surface area contributed by atoms with Crippen LogP contribution in [0, 0.1) is 5.92 Å². The fourth-order valence-electron chi connectivity index (χ4n) is 1.36. The molecule has 1 aromatic rings. The van der Waals surface area contributed by atoms with E-state index in [4.69, 9.17) is 5.73 Å². The number of nitrogen functional groups attached to an aromatic ring is 1. The minimum Gasteiger partial charge on any atom is -0.397 e. The lowest BCUT2D eigenvalue weighted by molar-refractivity contribution is 0.559. The van der Waals surface area contributed by atoms with Crippen molar-refractivity contribution in [1.82, 2.24) is 4.98 Å². The summed E-state index contributed by atoms with van der Waals surface area (Å²) in [7, 11) is 2.07. The van der Waals surface area contributed by atoms with E-state index >= 15 is 0 Å². The molecule has 1 rings (SSSR count). The largest absolute Gasteiger partial charge is 0.397 e. The molecule has 0 aromatic carbocycles. The summed E-state index contributed by atoms with van der Waals surface area (Å²) in [5.41, 5.74) is 7.48. The van der Waals surface area contributed by atoms with Gasteiger partial charge < -0.3 is 10.6 Å². The van der Waals surface area contributed by atoms with Gasteiger partial charge >= 0.3 is 0 Å². The molecule has 0 aliphatic carbocycles. The highest BCUT2D eigenvalue weighted by atomic mass is 15.1. The van der Waals surface area contributed by atoms with Gasteiger partial charge in [-0.2, -0.15) is 0 Å². The quantitative estimate of drug-likeness (QED) is 0.796. The molecule has 3 nitrogen and oxygen atoms in total. The molecular weight excluding hydrogens is 174 g/mol. The first-order valence-electron chi connectivity index (χ1n) is 5.05. The first-order valence-corrected chi connectivity index (χ1v) is 5.05. The number of nitrogens with two attached hydrogens (primary N) is 1. The first-order chi connectivity index (χ1) is 6.63. The summed E-state index contributed by atoms with van der Waals surface area (Å²) < 4.78 is 0. The SMILES string of the molecule is CCC(C)CN(C)c1cncc(N)c1. The monoisotopic (exact) mass is 193 g/mol. The highest BCUT2D eigenvalue weighted by Gasteiger charge is 2.05. The smallest absolute Gasteiger partial charge is 0.0570 e. The molecule has 2 N–H and O–H groups in total. The van der Waals surface area contributed by atoms with Gasteiger partial charge in [0.1, 0.15) is 0 Å². The van der Waals surface area contributed by atoms with Crippen molar-refractivity contribution in [2.45, 2.75) is 20.3 Å². The van der Waals surface area contributed by atoms with Gasteiger partial charge in [0, 0.05) is 19.8 Å². The zero-order valence-electron chi connectivity index (χ0n) is 9.20. The van der Waals surface area contributed by atoms with Crippen molar-refractivity contribution in [2.75, 3.05) is 24.2 Å². The second-order valence-corrected chi connectivity index (χ2v) is 3.87. The Morgan fingerprint density at radius 3 is 2.79 bits per heavy atom. The van der Waals surface area contributed by atoms with Crippen molar-refractivity contribution in [2.24, 2.45) is 5.92 Å². The third-order valence-corrected chi connectivity index (χ3v) is 2.47. The van der Waals surface area contributed by atoms with E-state index in [1.54, 1.807) is 6.20 Å². The lowest BCUT2D eigenvalue weighted by atomic mass is 10.1. The fraction of sp³-hybridized carbons (Fsp3) is 0.545. The molecule has 0 aliphatic rings. The molecule has 0 fully saturated rings. The number of hydrogen-bond donors (Lipinski definition) is 1. The number of rotatable bonds is 4. The lowest BCUT2D eigenvalue weighted by Crippen LogP contribution is -2.23. The first kappa shape index (κ1) is 10.8. The highest BCUT2D eigenvalue weighted by molar-refractivity contribution is 5.52. The maximum absolute atomic E-state index is 5.67. The minimum absolute atomic E-state index is 0.696. The summed E-state index contributed by atoms with van der Waals surface area (Å²) in [6, 6.07) is 1.95. The Bertz CT molecular complexity index is 286. The molecule has 1 atom stereocenters. The van der Waals surface area contributed by atoms with Gasteiger partial charge in [-0.3, -0.25) is 4.98 Å². The predicted octanol–water partition coefficient (Wildman–Crippen LogP) is 2.15. The molecule has 0 saturated heterocycles. The van der Waals surface area contributed by atoms with Gasteiger partial charge in [-0.15, -0.1) is 0 Å². The van der Waals surface area contributed by atoms with Gasteiger partial charge in [0.2, 0.25) is 0 Å². The van der Waals surface area contributed by atoms with E-state index in [0.29, 0.717) is 5.92 Å². The predicted molar refractivity (Wildman–Crippen MR) is 61.4 cm³/mol. The van der Waals surface area contributed by atoms with Crippen LogP contribution in [0.2, 0.25) is 0 Å². The number of hydrogen-bond acceptors (Lipinski definition) is 3. The third kappa shape index (κ3) is 2.91. The zero-order valence-corrected chi connectivity index (χ0v) is 9.20. The van der Waals surface area contributed by atoms with Crippen LogP contribution in [-0.2, 0) is 0 Å². The molecule has 0 radical (unpaired) electrons. The van der Waals surface area contributed by atoms with Crippen molar-refractivity contribution in [1.29, 1.82) is 0 Å². The molecule has 0 amide bonds. The van der Waals surface area contributed by atoms with Crippen LogP contribution in [0.25, 0.3) is 0 Å². The summed E-state index contributed by atoms with van der Waals surface area (Å²) in [5.74, 6) is 0.696. The van der Waals surface area contributed by atoms with Crippen LogP contribution < -0.4 is 10.6 Å². The molecule has 3 heteroatoms. The molecule has 0 spiro atoms. The third-order valence-electron chi connectivity index (χ3n) is 2.47. The van der Waals surface area contributed by atoms with Crippen LogP contribution in [0.4, 0.5) is 11.4 Å². The molecule has 0 bridgehead atoms. The highest BCUT2D eigenvalue weighted by Crippen LogP contribution is 2.16. The van der Waals surface area contributed by atoms with Gasteiger partial charge in [0.25, 0.3) is 0 Å². The lowest BCUT2D eigenvalue weighted by Gasteiger charge is -2.22. The molecule has 0 aliphatic heterocycles. The van der Waals surface area contributed by atoms with E-state index in [-0.39, 0.29) is 0 Å². The van der Waals surface area contributed by atoms with Crippen molar-refractivity contribution in [3.63, 3.8) is 0 Å². The van der Waals surface area contributed by atoms with E-state index in [1.165, 1.54) is 6.42 Å². The van der Waals surface area contributed by atoms with Crippen LogP contribution in [-0.4, -0.2) is 18.6 Å². The van der Waals surface area contributed by atoms with Crippen LogP contribution in [0.1, 0.15) is 20.3 Å². The fourth-order valence-corrected chi connectivity index (χ4v) is 1.36. The number of nitrogens with zero attached hydrogens (tertiary/aromatic N) is 2. The van der Waals surface area contributed by atoms with Crippen molar-refractivity contribution in [3.8, 4) is 0 Å². The number of aromatic nitrogens is 1. The van der Waals surface area contributed by atoms with Crippen LogP contribution in [0.3, 0.4) is 0 Å². The molecular formula is C11H19N3. The standard InChI is InChI=1S/C11H19N3/c1-4-9(2)8-14(3)11-5-10(12)6-13-7-11/h5-7,9H,4,8,12H2,1-3H3. The molecule has 0 saturated carbocycles. The number of pyridine rings is 1. The average molecular weight is 193 g/mol. The Kier molecular flexibility index (Phi) is 3.74. The van der Waals surface area contributed by atoms with Gasteiger partial charge in [0.15, 0.2) is 0 Å². The van der Waals surface area contributed by atoms with Gasteiger partial charge in [0.05, 0.1) is 17.6 Å². The summed E-state index contributed by atoms with van der Waals surface area (Å²) in [5, 5.41) is 0. The molecule has 1 aromatic heterocycles. The minimum atomic E-state index is 0.696. The van der Waals surface area contributed by atoms with E-state index in [2.05, 4.69) is 30.8 Å². The van der Waals surface area contributed by atoms with Crippen molar-refractivity contribution in [3.05, 3.63) is 18.5 Å². The maximum Gasteiger partial charge on any atom is 0.0570 e. The van der Waals surface area contributed by atoms with E-state index in [0.717, 1.165) is 17.9 Å².